The van der Waals surface area contributed by atoms with E-state index in [0.717, 1.165) is 17.0 Å². The van der Waals surface area contributed by atoms with Crippen molar-refractivity contribution in [1.82, 2.24) is 20.0 Å². The average Bonchev–Trinajstić information content (AvgIpc) is 3.23. The molecule has 0 aliphatic rings. The number of nitrogens with one attached hydrogen (secondary N) is 1. The molecule has 0 bridgehead atoms. The average molecular weight is 354 g/mol. The van der Waals surface area contributed by atoms with Gasteiger partial charge in [-0.3, -0.25) is 4.79 Å². The molecule has 2 heterocycles. The Bertz CT molecular complexity index is 851. The molecule has 3 rings (SSSR count). The Kier molecular flexibility index (Phi) is 5.36. The second-order valence-corrected chi connectivity index (χ2v) is 6.22. The highest BCUT2D eigenvalue weighted by atomic mass is 16.5. The fourth-order valence-electron chi connectivity index (χ4n) is 2.70. The van der Waals surface area contributed by atoms with Crippen molar-refractivity contribution in [2.75, 3.05) is 0 Å². The molecule has 7 heteroatoms. The minimum absolute atomic E-state index is 0.0488. The number of rotatable bonds is 7. The van der Waals surface area contributed by atoms with E-state index in [9.17, 15) is 4.79 Å². The van der Waals surface area contributed by atoms with Gasteiger partial charge >= 0.3 is 0 Å². The molecule has 0 radical (unpaired) electrons. The van der Waals surface area contributed by atoms with E-state index < -0.39 is 0 Å². The number of hydrogen-bond acceptors (Lipinski definition) is 5. The summed E-state index contributed by atoms with van der Waals surface area (Å²) in [5, 5.41) is 6.91. The van der Waals surface area contributed by atoms with E-state index in [2.05, 4.69) is 15.5 Å². The first-order valence-electron chi connectivity index (χ1n) is 8.44. The third-order valence-electron chi connectivity index (χ3n) is 4.11. The van der Waals surface area contributed by atoms with Crippen LogP contribution in [0.2, 0.25) is 0 Å². The van der Waals surface area contributed by atoms with Crippen LogP contribution >= 0.6 is 0 Å². The normalized spacial score (nSPS) is 12.0. The molecule has 0 aliphatic carbocycles. The predicted octanol–water partition coefficient (Wildman–Crippen LogP) is 2.89. The molecule has 1 amide bonds. The molecule has 0 fully saturated rings. The van der Waals surface area contributed by atoms with Crippen LogP contribution in [0.1, 0.15) is 34.3 Å². The summed E-state index contributed by atoms with van der Waals surface area (Å²) in [4.78, 5) is 16.7. The quantitative estimate of drug-likeness (QED) is 0.705. The number of carbonyl (C=O) groups excluding carboxylic acids is 1. The van der Waals surface area contributed by atoms with Crippen LogP contribution in [0, 0.1) is 13.8 Å². The molecule has 0 saturated carbocycles. The lowest BCUT2D eigenvalue weighted by Crippen LogP contribution is -2.35. The molecule has 1 unspecified atom stereocenters. The highest BCUT2D eigenvalue weighted by Gasteiger charge is 2.16. The lowest BCUT2D eigenvalue weighted by molar-refractivity contribution is 0.0932. The van der Waals surface area contributed by atoms with Crippen molar-refractivity contribution < 1.29 is 14.1 Å². The summed E-state index contributed by atoms with van der Waals surface area (Å²) < 4.78 is 12.9. The van der Waals surface area contributed by atoms with Crippen LogP contribution in [0.25, 0.3) is 0 Å². The number of benzene rings is 1. The molecule has 0 aliphatic heterocycles. The number of hydrogen-bond donors (Lipinski definition) is 1. The largest absolute Gasteiger partial charge is 0.488 e. The number of carbonyl (C=O) groups is 1. The Labute approximate surface area is 152 Å². The molecule has 2 aromatic heterocycles. The molecule has 0 saturated heterocycles. The van der Waals surface area contributed by atoms with Gasteiger partial charge in [0, 0.05) is 25.0 Å². The molecule has 136 valence electrons. The molecule has 1 aromatic carbocycles. The smallest absolute Gasteiger partial charge is 0.255 e. The number of imidazole rings is 1. The Morgan fingerprint density at radius 2 is 2.15 bits per heavy atom. The van der Waals surface area contributed by atoms with E-state index in [1.165, 1.54) is 0 Å². The van der Waals surface area contributed by atoms with Crippen LogP contribution in [-0.4, -0.2) is 26.7 Å². The van der Waals surface area contributed by atoms with Gasteiger partial charge in [-0.2, -0.15) is 0 Å². The van der Waals surface area contributed by atoms with E-state index in [0.29, 0.717) is 24.5 Å². The number of ether oxygens (including phenoxy) is 1. The highest BCUT2D eigenvalue weighted by Crippen LogP contribution is 2.21. The van der Waals surface area contributed by atoms with Crippen LogP contribution in [0.3, 0.4) is 0 Å². The predicted molar refractivity (Wildman–Crippen MR) is 95.9 cm³/mol. The number of aryl methyl sites for hydroxylation is 2. The van der Waals surface area contributed by atoms with Gasteiger partial charge in [0.15, 0.2) is 0 Å². The Balaban J connectivity index is 1.67. The van der Waals surface area contributed by atoms with Crippen molar-refractivity contribution in [2.24, 2.45) is 0 Å². The fourth-order valence-corrected chi connectivity index (χ4v) is 2.70. The Morgan fingerprint density at radius 1 is 1.35 bits per heavy atom. The zero-order valence-corrected chi connectivity index (χ0v) is 15.1. The summed E-state index contributed by atoms with van der Waals surface area (Å²) in [7, 11) is 0. The monoisotopic (exact) mass is 354 g/mol. The van der Waals surface area contributed by atoms with Gasteiger partial charge in [0.2, 0.25) is 0 Å². The maximum Gasteiger partial charge on any atom is 0.255 e. The molecule has 26 heavy (non-hydrogen) atoms. The van der Waals surface area contributed by atoms with Crippen molar-refractivity contribution in [1.29, 1.82) is 0 Å². The van der Waals surface area contributed by atoms with Gasteiger partial charge in [0.25, 0.3) is 5.91 Å². The first-order valence-corrected chi connectivity index (χ1v) is 8.44. The Morgan fingerprint density at radius 3 is 2.85 bits per heavy atom. The van der Waals surface area contributed by atoms with E-state index in [4.69, 9.17) is 9.26 Å². The van der Waals surface area contributed by atoms with E-state index >= 15 is 0 Å². The van der Waals surface area contributed by atoms with E-state index in [1.54, 1.807) is 24.7 Å². The highest BCUT2D eigenvalue weighted by molar-refractivity contribution is 5.97. The third kappa shape index (κ3) is 4.11. The van der Waals surface area contributed by atoms with Crippen LogP contribution in [0.4, 0.5) is 0 Å². The van der Waals surface area contributed by atoms with Crippen LogP contribution in [-0.2, 0) is 13.2 Å². The fraction of sp³-hybridized carbons (Fsp3) is 0.316. The van der Waals surface area contributed by atoms with Gasteiger partial charge in [-0.1, -0.05) is 17.3 Å². The number of aromatic nitrogens is 3. The summed E-state index contributed by atoms with van der Waals surface area (Å²) in [6.45, 7) is 6.61. The minimum atomic E-state index is -0.174. The number of nitrogens with zero attached hydrogens (tertiary/aromatic N) is 3. The standard InChI is InChI=1S/C19H22N4O3/c1-13(10-23-9-8-20-12-23)21-19(24)16-6-4-5-7-18(16)25-11-17-14(2)22-26-15(17)3/h4-9,12-13H,10-11H2,1-3H3,(H,21,24). The first kappa shape index (κ1) is 17.7. The van der Waals surface area contributed by atoms with Crippen molar-refractivity contribution in [3.8, 4) is 5.75 Å². The molecular formula is C19H22N4O3. The number of amides is 1. The van der Waals surface area contributed by atoms with Gasteiger partial charge in [0.05, 0.1) is 23.1 Å². The zero-order chi connectivity index (χ0) is 18.5. The lowest BCUT2D eigenvalue weighted by atomic mass is 10.1. The van der Waals surface area contributed by atoms with Gasteiger partial charge in [-0.25, -0.2) is 4.98 Å². The molecule has 3 aromatic rings. The SMILES string of the molecule is Cc1noc(C)c1COc1ccccc1C(=O)NC(C)Cn1ccnc1. The van der Waals surface area contributed by atoms with Gasteiger partial charge in [-0.05, 0) is 32.9 Å². The lowest BCUT2D eigenvalue weighted by Gasteiger charge is -2.16. The van der Waals surface area contributed by atoms with Crippen molar-refractivity contribution in [2.45, 2.75) is 40.0 Å². The van der Waals surface area contributed by atoms with Crippen molar-refractivity contribution in [3.05, 3.63) is 65.6 Å². The second-order valence-electron chi connectivity index (χ2n) is 6.22. The second kappa shape index (κ2) is 7.86. The molecule has 0 spiro atoms. The van der Waals surface area contributed by atoms with E-state index in [1.807, 2.05) is 43.7 Å². The van der Waals surface area contributed by atoms with Crippen LogP contribution in [0.5, 0.6) is 5.75 Å². The van der Waals surface area contributed by atoms with Gasteiger partial charge < -0.3 is 19.1 Å². The zero-order valence-electron chi connectivity index (χ0n) is 15.1. The van der Waals surface area contributed by atoms with Crippen LogP contribution in [0.15, 0.2) is 47.5 Å². The Hall–Kier alpha value is -3.09. The molecular weight excluding hydrogens is 332 g/mol. The third-order valence-corrected chi connectivity index (χ3v) is 4.11. The summed E-state index contributed by atoms with van der Waals surface area (Å²) in [6, 6.07) is 7.15. The topological polar surface area (TPSA) is 82.2 Å². The summed E-state index contributed by atoms with van der Waals surface area (Å²) in [6.07, 6.45) is 5.30. The number of para-hydroxylation sites is 1. The van der Waals surface area contributed by atoms with Gasteiger partial charge in [0.1, 0.15) is 18.1 Å². The molecule has 1 atom stereocenters. The van der Waals surface area contributed by atoms with Crippen LogP contribution < -0.4 is 10.1 Å². The summed E-state index contributed by atoms with van der Waals surface area (Å²) in [5.41, 5.74) is 2.18. The first-order chi connectivity index (χ1) is 12.5. The summed E-state index contributed by atoms with van der Waals surface area (Å²) >= 11 is 0. The minimum Gasteiger partial charge on any atom is -0.488 e. The molecule has 1 N–H and O–H groups in total. The molecule has 7 nitrogen and oxygen atoms in total. The van der Waals surface area contributed by atoms with Gasteiger partial charge in [-0.15, -0.1) is 0 Å². The maximum atomic E-state index is 12.7. The maximum absolute atomic E-state index is 12.7. The van der Waals surface area contributed by atoms with Crippen molar-refractivity contribution >= 4 is 5.91 Å². The van der Waals surface area contributed by atoms with Crippen molar-refractivity contribution in [3.63, 3.8) is 0 Å². The summed E-state index contributed by atoms with van der Waals surface area (Å²) in [5.74, 6) is 1.07. The van der Waals surface area contributed by atoms with E-state index in [-0.39, 0.29) is 11.9 Å².